The van der Waals surface area contributed by atoms with E-state index in [1.165, 1.54) is 24.3 Å². The van der Waals surface area contributed by atoms with Crippen molar-refractivity contribution in [3.63, 3.8) is 0 Å². The first-order valence-electron chi connectivity index (χ1n) is 9.71. The van der Waals surface area contributed by atoms with Crippen LogP contribution >= 0.6 is 23.4 Å². The second kappa shape index (κ2) is 10.7. The van der Waals surface area contributed by atoms with Gasteiger partial charge >= 0.3 is 6.61 Å². The summed E-state index contributed by atoms with van der Waals surface area (Å²) >= 11 is 6.61. The fraction of sp³-hybridized carbons (Fsp3) is 0.227. The van der Waals surface area contributed by atoms with Gasteiger partial charge < -0.3 is 14.8 Å². The molecule has 1 aliphatic heterocycles. The standard InChI is InChI=1S/C22H19ClF2N2O5S/c1-3-31-17-8-13(5-7-16(17)32-21(24)25)9-18-20(29)27(22(30)33-18)11-19(28)26-15-10-14(23)6-4-12(15)2/h4-10,21H,3,11H2,1-2H3,(H,26,28)/b18-9-. The third-order valence-electron chi connectivity index (χ3n) is 4.43. The number of aryl methyl sites for hydroxylation is 1. The van der Waals surface area contributed by atoms with Crippen LogP contribution in [0.25, 0.3) is 6.08 Å². The SMILES string of the molecule is CCOc1cc(/C=C2\SC(=O)N(CC(=O)Nc3cc(Cl)ccc3C)C2=O)ccc1OC(F)F. The average molecular weight is 497 g/mol. The number of nitrogens with one attached hydrogen (secondary N) is 1. The van der Waals surface area contributed by atoms with Gasteiger partial charge in [-0.2, -0.15) is 8.78 Å². The molecule has 2 aromatic carbocycles. The molecule has 0 radical (unpaired) electrons. The van der Waals surface area contributed by atoms with Crippen LogP contribution in [-0.4, -0.2) is 41.7 Å². The molecule has 11 heteroatoms. The maximum Gasteiger partial charge on any atom is 0.387 e. The van der Waals surface area contributed by atoms with Crippen LogP contribution in [0.1, 0.15) is 18.1 Å². The number of thioether (sulfide) groups is 1. The van der Waals surface area contributed by atoms with E-state index in [0.717, 1.165) is 10.5 Å². The maximum absolute atomic E-state index is 12.7. The van der Waals surface area contributed by atoms with E-state index in [4.69, 9.17) is 16.3 Å². The third kappa shape index (κ3) is 6.23. The van der Waals surface area contributed by atoms with Crippen molar-refractivity contribution in [1.29, 1.82) is 0 Å². The number of hydrogen-bond acceptors (Lipinski definition) is 6. The van der Waals surface area contributed by atoms with Gasteiger partial charge in [0, 0.05) is 10.7 Å². The van der Waals surface area contributed by atoms with Crippen LogP contribution < -0.4 is 14.8 Å². The lowest BCUT2D eigenvalue weighted by Gasteiger charge is -2.14. The van der Waals surface area contributed by atoms with E-state index in [1.54, 1.807) is 32.0 Å². The van der Waals surface area contributed by atoms with E-state index < -0.39 is 30.2 Å². The Balaban J connectivity index is 1.74. The van der Waals surface area contributed by atoms with Crippen molar-refractivity contribution in [2.24, 2.45) is 0 Å². The maximum atomic E-state index is 12.7. The van der Waals surface area contributed by atoms with Gasteiger partial charge in [0.25, 0.3) is 11.1 Å². The van der Waals surface area contributed by atoms with Crippen molar-refractivity contribution in [2.75, 3.05) is 18.5 Å². The Morgan fingerprint density at radius 3 is 2.67 bits per heavy atom. The smallest absolute Gasteiger partial charge is 0.387 e. The van der Waals surface area contributed by atoms with E-state index in [0.29, 0.717) is 28.0 Å². The van der Waals surface area contributed by atoms with Crippen LogP contribution in [0.3, 0.4) is 0 Å². The molecule has 1 heterocycles. The minimum atomic E-state index is -3.02. The van der Waals surface area contributed by atoms with Crippen LogP contribution in [0.15, 0.2) is 41.3 Å². The molecule has 0 spiro atoms. The first kappa shape index (κ1) is 24.5. The Bertz CT molecular complexity index is 1130. The van der Waals surface area contributed by atoms with Gasteiger partial charge in [0.2, 0.25) is 5.91 Å². The van der Waals surface area contributed by atoms with E-state index in [1.807, 2.05) is 0 Å². The summed E-state index contributed by atoms with van der Waals surface area (Å²) in [4.78, 5) is 38.4. The predicted octanol–water partition coefficient (Wildman–Crippen LogP) is 5.32. The zero-order valence-electron chi connectivity index (χ0n) is 17.6. The van der Waals surface area contributed by atoms with E-state index in [2.05, 4.69) is 10.1 Å². The first-order valence-corrected chi connectivity index (χ1v) is 10.9. The van der Waals surface area contributed by atoms with Crippen LogP contribution in [-0.2, 0) is 9.59 Å². The number of carbonyl (C=O) groups is 3. The molecule has 3 rings (SSSR count). The summed E-state index contributed by atoms with van der Waals surface area (Å²) in [6.07, 6.45) is 1.42. The molecule has 2 aromatic rings. The fourth-order valence-electron chi connectivity index (χ4n) is 2.93. The van der Waals surface area contributed by atoms with Crippen LogP contribution in [0.4, 0.5) is 19.3 Å². The molecule has 174 valence electrons. The Labute approximate surface area is 197 Å². The highest BCUT2D eigenvalue weighted by atomic mass is 35.5. The summed E-state index contributed by atoms with van der Waals surface area (Å²) in [7, 11) is 0. The van der Waals surface area contributed by atoms with Crippen molar-refractivity contribution in [3.05, 3.63) is 57.5 Å². The molecule has 1 fully saturated rings. The van der Waals surface area contributed by atoms with Crippen molar-refractivity contribution < 1.29 is 32.6 Å². The summed E-state index contributed by atoms with van der Waals surface area (Å²) in [5, 5.41) is 2.46. The Morgan fingerprint density at radius 2 is 1.97 bits per heavy atom. The summed E-state index contributed by atoms with van der Waals surface area (Å²) in [6, 6.07) is 9.13. The molecule has 0 unspecified atom stereocenters. The number of imide groups is 1. The van der Waals surface area contributed by atoms with Gasteiger partial charge in [0.15, 0.2) is 11.5 Å². The Kier molecular flexibility index (Phi) is 7.93. The first-order chi connectivity index (χ1) is 15.7. The number of carbonyl (C=O) groups excluding carboxylic acids is 3. The minimum absolute atomic E-state index is 0.0713. The third-order valence-corrected chi connectivity index (χ3v) is 5.57. The number of anilines is 1. The van der Waals surface area contributed by atoms with Gasteiger partial charge in [0.05, 0.1) is 11.5 Å². The Hall–Kier alpha value is -3.11. The summed E-state index contributed by atoms with van der Waals surface area (Å²) in [5.41, 5.74) is 1.68. The molecule has 1 saturated heterocycles. The second-order valence-corrected chi connectivity index (χ2v) is 8.22. The van der Waals surface area contributed by atoms with Crippen molar-refractivity contribution in [3.8, 4) is 11.5 Å². The fourth-order valence-corrected chi connectivity index (χ4v) is 3.94. The molecule has 1 N–H and O–H groups in total. The van der Waals surface area contributed by atoms with Gasteiger partial charge in [-0.3, -0.25) is 19.3 Å². The number of hydrogen-bond donors (Lipinski definition) is 1. The lowest BCUT2D eigenvalue weighted by Crippen LogP contribution is -2.36. The van der Waals surface area contributed by atoms with E-state index in [-0.39, 0.29) is 23.0 Å². The summed E-state index contributed by atoms with van der Waals surface area (Å²) < 4.78 is 34.9. The number of ether oxygens (including phenoxy) is 2. The summed E-state index contributed by atoms with van der Waals surface area (Å²) in [5.74, 6) is -1.28. The zero-order valence-corrected chi connectivity index (χ0v) is 19.1. The van der Waals surface area contributed by atoms with Crippen molar-refractivity contribution >= 4 is 52.2 Å². The number of rotatable bonds is 8. The highest BCUT2D eigenvalue weighted by molar-refractivity contribution is 8.18. The Morgan fingerprint density at radius 1 is 1.21 bits per heavy atom. The molecular weight excluding hydrogens is 478 g/mol. The molecule has 33 heavy (non-hydrogen) atoms. The number of nitrogens with zero attached hydrogens (tertiary/aromatic N) is 1. The average Bonchev–Trinajstić information content (AvgIpc) is 3.00. The van der Waals surface area contributed by atoms with Gasteiger partial charge in [-0.25, -0.2) is 0 Å². The van der Waals surface area contributed by atoms with E-state index in [9.17, 15) is 23.2 Å². The number of halogens is 3. The zero-order chi connectivity index (χ0) is 24.1. The molecule has 7 nitrogen and oxygen atoms in total. The van der Waals surface area contributed by atoms with E-state index >= 15 is 0 Å². The highest BCUT2D eigenvalue weighted by Gasteiger charge is 2.36. The molecular formula is C22H19ClF2N2O5S. The molecule has 0 aliphatic carbocycles. The van der Waals surface area contributed by atoms with Crippen molar-refractivity contribution in [2.45, 2.75) is 20.5 Å². The number of benzene rings is 2. The lowest BCUT2D eigenvalue weighted by atomic mass is 10.2. The highest BCUT2D eigenvalue weighted by Crippen LogP contribution is 2.35. The monoisotopic (exact) mass is 496 g/mol. The van der Waals surface area contributed by atoms with Gasteiger partial charge in [0.1, 0.15) is 6.54 Å². The van der Waals surface area contributed by atoms with Gasteiger partial charge in [-0.05, 0) is 67.1 Å². The second-order valence-electron chi connectivity index (χ2n) is 6.79. The van der Waals surface area contributed by atoms with Crippen LogP contribution in [0.5, 0.6) is 11.5 Å². The number of alkyl halides is 2. The minimum Gasteiger partial charge on any atom is -0.490 e. The van der Waals surface area contributed by atoms with Crippen LogP contribution in [0, 0.1) is 6.92 Å². The molecule has 0 bridgehead atoms. The topological polar surface area (TPSA) is 84.9 Å². The van der Waals surface area contributed by atoms with Crippen LogP contribution in [0.2, 0.25) is 5.02 Å². The van der Waals surface area contributed by atoms with Crippen molar-refractivity contribution in [1.82, 2.24) is 4.90 Å². The van der Waals surface area contributed by atoms with Gasteiger partial charge in [-0.1, -0.05) is 23.7 Å². The predicted molar refractivity (Wildman–Crippen MR) is 122 cm³/mol. The molecule has 0 saturated carbocycles. The summed E-state index contributed by atoms with van der Waals surface area (Å²) in [6.45, 7) is 0.178. The normalized spacial score (nSPS) is 14.8. The van der Waals surface area contributed by atoms with Gasteiger partial charge in [-0.15, -0.1) is 0 Å². The molecule has 0 atom stereocenters. The number of amides is 3. The quantitative estimate of drug-likeness (QED) is 0.498. The molecule has 0 aromatic heterocycles. The largest absolute Gasteiger partial charge is 0.490 e. The lowest BCUT2D eigenvalue weighted by molar-refractivity contribution is -0.127. The molecule has 3 amide bonds. The molecule has 1 aliphatic rings.